The van der Waals surface area contributed by atoms with Crippen molar-refractivity contribution in [2.75, 3.05) is 36.8 Å². The van der Waals surface area contributed by atoms with Gasteiger partial charge in [0.05, 0.1) is 17.6 Å². The summed E-state index contributed by atoms with van der Waals surface area (Å²) in [5.74, 6) is -0.351. The van der Waals surface area contributed by atoms with Crippen LogP contribution >= 0.6 is 0 Å². The Balaban J connectivity index is 1.65. The van der Waals surface area contributed by atoms with Gasteiger partial charge in [0.1, 0.15) is 11.5 Å². The first kappa shape index (κ1) is 14.3. The van der Waals surface area contributed by atoms with Gasteiger partial charge in [-0.2, -0.15) is 0 Å². The smallest absolute Gasteiger partial charge is 0.272 e. The van der Waals surface area contributed by atoms with Crippen LogP contribution in [0.1, 0.15) is 10.5 Å². The van der Waals surface area contributed by atoms with Crippen molar-refractivity contribution in [1.82, 2.24) is 9.88 Å². The number of carbonyl (C=O) groups excluding carboxylic acids is 1. The number of aromatic nitrogens is 1. The molecule has 2 aromatic rings. The number of hydrogen-bond donors (Lipinski definition) is 1. The molecule has 0 saturated carbocycles. The third kappa shape index (κ3) is 2.86. The molecule has 3 rings (SSSR count). The molecular weight excluding hydrogens is 283 g/mol. The first-order chi connectivity index (χ1) is 10.6. The Kier molecular flexibility index (Phi) is 3.91. The first-order valence-corrected chi connectivity index (χ1v) is 7.15. The van der Waals surface area contributed by atoms with E-state index in [0.29, 0.717) is 43.2 Å². The van der Waals surface area contributed by atoms with E-state index in [1.54, 1.807) is 29.2 Å². The van der Waals surface area contributed by atoms with Gasteiger partial charge < -0.3 is 15.5 Å². The summed E-state index contributed by atoms with van der Waals surface area (Å²) in [5, 5.41) is 0. The van der Waals surface area contributed by atoms with Gasteiger partial charge in [0.2, 0.25) is 0 Å². The Hall–Kier alpha value is -2.63. The van der Waals surface area contributed by atoms with Crippen LogP contribution < -0.4 is 10.6 Å². The summed E-state index contributed by atoms with van der Waals surface area (Å²) in [7, 11) is 0. The van der Waals surface area contributed by atoms with Gasteiger partial charge in [0.25, 0.3) is 5.91 Å². The minimum Gasteiger partial charge on any atom is -0.397 e. The quantitative estimate of drug-likeness (QED) is 0.918. The number of nitrogen functional groups attached to an aromatic ring is 1. The third-order valence-corrected chi connectivity index (χ3v) is 3.77. The van der Waals surface area contributed by atoms with E-state index < -0.39 is 0 Å². The molecule has 1 fully saturated rings. The molecule has 1 aliphatic rings. The lowest BCUT2D eigenvalue weighted by Gasteiger charge is -2.36. The average molecular weight is 300 g/mol. The normalized spacial score (nSPS) is 15.0. The van der Waals surface area contributed by atoms with E-state index in [1.165, 1.54) is 12.3 Å². The molecule has 0 aliphatic carbocycles. The molecule has 0 atom stereocenters. The van der Waals surface area contributed by atoms with Gasteiger partial charge in [0.15, 0.2) is 0 Å². The van der Waals surface area contributed by atoms with Gasteiger partial charge >= 0.3 is 0 Å². The molecule has 0 unspecified atom stereocenters. The molecule has 22 heavy (non-hydrogen) atoms. The zero-order chi connectivity index (χ0) is 15.5. The summed E-state index contributed by atoms with van der Waals surface area (Å²) < 4.78 is 13.8. The Bertz CT molecular complexity index is 666. The molecule has 1 aromatic carbocycles. The summed E-state index contributed by atoms with van der Waals surface area (Å²) in [6.07, 6.45) is 1.48. The third-order valence-electron chi connectivity index (χ3n) is 3.77. The molecule has 1 aromatic heterocycles. The van der Waals surface area contributed by atoms with Crippen molar-refractivity contribution in [1.29, 1.82) is 0 Å². The predicted octanol–water partition coefficient (Wildman–Crippen LogP) is 1.77. The second-order valence-electron chi connectivity index (χ2n) is 5.21. The topological polar surface area (TPSA) is 62.5 Å². The van der Waals surface area contributed by atoms with Crippen LogP contribution in [0.3, 0.4) is 0 Å². The molecule has 5 nitrogen and oxygen atoms in total. The van der Waals surface area contributed by atoms with Gasteiger partial charge in [-0.25, -0.2) is 9.37 Å². The summed E-state index contributed by atoms with van der Waals surface area (Å²) in [4.78, 5) is 20.1. The summed E-state index contributed by atoms with van der Waals surface area (Å²) in [5.41, 5.74) is 7.07. The van der Waals surface area contributed by atoms with Crippen LogP contribution in [0.4, 0.5) is 15.8 Å². The summed E-state index contributed by atoms with van der Waals surface area (Å²) >= 11 is 0. The van der Waals surface area contributed by atoms with Crippen molar-refractivity contribution in [2.24, 2.45) is 0 Å². The highest BCUT2D eigenvalue weighted by atomic mass is 19.1. The van der Waals surface area contributed by atoms with Crippen molar-refractivity contribution in [2.45, 2.75) is 0 Å². The van der Waals surface area contributed by atoms with Crippen molar-refractivity contribution < 1.29 is 9.18 Å². The fourth-order valence-corrected chi connectivity index (χ4v) is 2.55. The van der Waals surface area contributed by atoms with Crippen molar-refractivity contribution in [3.8, 4) is 0 Å². The van der Waals surface area contributed by atoms with Gasteiger partial charge in [-0.3, -0.25) is 4.79 Å². The van der Waals surface area contributed by atoms with E-state index in [2.05, 4.69) is 4.98 Å². The maximum Gasteiger partial charge on any atom is 0.272 e. The van der Waals surface area contributed by atoms with Gasteiger partial charge in [-0.15, -0.1) is 0 Å². The molecule has 0 radical (unpaired) electrons. The fourth-order valence-electron chi connectivity index (χ4n) is 2.55. The van der Waals surface area contributed by atoms with E-state index in [-0.39, 0.29) is 11.7 Å². The lowest BCUT2D eigenvalue weighted by atomic mass is 10.2. The number of pyridine rings is 1. The molecule has 2 heterocycles. The van der Waals surface area contributed by atoms with Crippen molar-refractivity contribution in [3.05, 3.63) is 54.1 Å². The highest BCUT2D eigenvalue weighted by molar-refractivity contribution is 5.92. The van der Waals surface area contributed by atoms with Crippen LogP contribution in [0.2, 0.25) is 0 Å². The molecule has 0 spiro atoms. The fraction of sp³-hybridized carbons (Fsp3) is 0.250. The molecule has 6 heteroatoms. The van der Waals surface area contributed by atoms with Crippen LogP contribution in [-0.4, -0.2) is 42.0 Å². The largest absolute Gasteiger partial charge is 0.397 e. The second-order valence-corrected chi connectivity index (χ2v) is 5.21. The van der Waals surface area contributed by atoms with Crippen molar-refractivity contribution >= 4 is 17.3 Å². The van der Waals surface area contributed by atoms with Crippen LogP contribution in [0.25, 0.3) is 0 Å². The molecular formula is C16H17FN4O. The molecule has 1 aliphatic heterocycles. The molecule has 0 bridgehead atoms. The van der Waals surface area contributed by atoms with E-state index in [0.717, 1.165) is 0 Å². The predicted molar refractivity (Wildman–Crippen MR) is 83.2 cm³/mol. The Morgan fingerprint density at radius 3 is 2.45 bits per heavy atom. The number of anilines is 2. The zero-order valence-electron chi connectivity index (χ0n) is 12.1. The number of carbonyl (C=O) groups is 1. The molecule has 1 amide bonds. The van der Waals surface area contributed by atoms with E-state index in [4.69, 9.17) is 5.73 Å². The zero-order valence-corrected chi connectivity index (χ0v) is 12.1. The number of amides is 1. The molecule has 2 N–H and O–H groups in total. The minimum atomic E-state index is -0.234. The van der Waals surface area contributed by atoms with Gasteiger partial charge in [-0.05, 0) is 24.3 Å². The monoisotopic (exact) mass is 300 g/mol. The highest BCUT2D eigenvalue weighted by Gasteiger charge is 2.24. The standard InChI is InChI=1S/C16H17FN4O/c17-13-3-1-2-4-15(13)20-7-9-21(10-8-20)16(22)14-6-5-12(18)11-19-14/h1-6,11H,7-10,18H2. The van der Waals surface area contributed by atoms with Gasteiger partial charge in [-0.1, -0.05) is 12.1 Å². The summed E-state index contributed by atoms with van der Waals surface area (Å²) in [6.45, 7) is 2.28. The highest BCUT2D eigenvalue weighted by Crippen LogP contribution is 2.20. The Morgan fingerprint density at radius 2 is 1.82 bits per heavy atom. The Labute approximate surface area is 128 Å². The lowest BCUT2D eigenvalue weighted by Crippen LogP contribution is -2.49. The number of para-hydroxylation sites is 1. The maximum atomic E-state index is 13.8. The number of piperazine rings is 1. The van der Waals surface area contributed by atoms with Gasteiger partial charge in [0, 0.05) is 26.2 Å². The first-order valence-electron chi connectivity index (χ1n) is 7.15. The number of hydrogen-bond acceptors (Lipinski definition) is 4. The van der Waals surface area contributed by atoms with Crippen LogP contribution in [-0.2, 0) is 0 Å². The number of benzene rings is 1. The summed E-state index contributed by atoms with van der Waals surface area (Å²) in [6, 6.07) is 9.98. The van der Waals surface area contributed by atoms with Crippen LogP contribution in [0.15, 0.2) is 42.6 Å². The minimum absolute atomic E-state index is 0.117. The van der Waals surface area contributed by atoms with E-state index in [1.807, 2.05) is 11.0 Å². The SMILES string of the molecule is Nc1ccc(C(=O)N2CCN(c3ccccc3F)CC2)nc1. The lowest BCUT2D eigenvalue weighted by molar-refractivity contribution is 0.0741. The van der Waals surface area contributed by atoms with E-state index in [9.17, 15) is 9.18 Å². The molecule has 114 valence electrons. The number of rotatable bonds is 2. The van der Waals surface area contributed by atoms with Crippen LogP contribution in [0.5, 0.6) is 0 Å². The van der Waals surface area contributed by atoms with E-state index >= 15 is 0 Å². The second kappa shape index (κ2) is 6.01. The number of nitrogens with two attached hydrogens (primary N) is 1. The average Bonchev–Trinajstić information content (AvgIpc) is 2.56. The maximum absolute atomic E-state index is 13.8. The van der Waals surface area contributed by atoms with Crippen molar-refractivity contribution in [3.63, 3.8) is 0 Å². The van der Waals surface area contributed by atoms with Crippen LogP contribution in [0, 0.1) is 5.82 Å². The number of halogens is 1. The number of nitrogens with zero attached hydrogens (tertiary/aromatic N) is 3. The Morgan fingerprint density at radius 1 is 1.09 bits per heavy atom. The molecule has 1 saturated heterocycles.